The standard InChI is InChI=1S/C12H11FN2S2/c13-8-3-4-11(10(6-8)12(14)16)15-7-9-2-1-5-17-9/h1-6,15H,7H2,(H2,14,16). The molecule has 1 aromatic heterocycles. The number of anilines is 1. The van der Waals surface area contributed by atoms with Crippen LogP contribution in [0.25, 0.3) is 0 Å². The Morgan fingerprint density at radius 3 is 2.88 bits per heavy atom. The van der Waals surface area contributed by atoms with E-state index in [0.29, 0.717) is 12.1 Å². The highest BCUT2D eigenvalue weighted by molar-refractivity contribution is 7.80. The van der Waals surface area contributed by atoms with Crippen molar-refractivity contribution in [2.24, 2.45) is 5.73 Å². The molecule has 0 unspecified atom stereocenters. The van der Waals surface area contributed by atoms with Crippen molar-refractivity contribution in [1.29, 1.82) is 0 Å². The highest BCUT2D eigenvalue weighted by atomic mass is 32.1. The maximum Gasteiger partial charge on any atom is 0.124 e. The van der Waals surface area contributed by atoms with Crippen molar-refractivity contribution in [1.82, 2.24) is 0 Å². The van der Waals surface area contributed by atoms with E-state index >= 15 is 0 Å². The van der Waals surface area contributed by atoms with Crippen LogP contribution in [0.1, 0.15) is 10.4 Å². The zero-order chi connectivity index (χ0) is 12.3. The first-order chi connectivity index (χ1) is 8.16. The Kier molecular flexibility index (Phi) is 3.71. The second-order valence-corrected chi connectivity index (χ2v) is 4.96. The van der Waals surface area contributed by atoms with Crippen LogP contribution in [0.2, 0.25) is 0 Å². The molecule has 0 aliphatic heterocycles. The number of benzene rings is 1. The van der Waals surface area contributed by atoms with Gasteiger partial charge in [0.25, 0.3) is 0 Å². The van der Waals surface area contributed by atoms with Gasteiger partial charge in [0.1, 0.15) is 10.8 Å². The Bertz CT molecular complexity index is 523. The lowest BCUT2D eigenvalue weighted by atomic mass is 10.1. The average Bonchev–Trinajstić information content (AvgIpc) is 2.80. The summed E-state index contributed by atoms with van der Waals surface area (Å²) in [5.74, 6) is -0.338. The van der Waals surface area contributed by atoms with E-state index in [1.54, 1.807) is 17.4 Å². The van der Waals surface area contributed by atoms with Gasteiger partial charge in [-0.1, -0.05) is 18.3 Å². The number of thiocarbonyl (C=S) groups is 1. The van der Waals surface area contributed by atoms with Gasteiger partial charge in [0.15, 0.2) is 0 Å². The molecule has 0 aliphatic rings. The summed E-state index contributed by atoms with van der Waals surface area (Å²) in [6.45, 7) is 0.679. The summed E-state index contributed by atoms with van der Waals surface area (Å²) in [6, 6.07) is 8.40. The molecule has 0 saturated carbocycles. The molecule has 0 bridgehead atoms. The third-order valence-corrected chi connectivity index (χ3v) is 3.38. The number of hydrogen-bond acceptors (Lipinski definition) is 3. The first kappa shape index (κ1) is 12.0. The van der Waals surface area contributed by atoms with Crippen LogP contribution in [0, 0.1) is 5.82 Å². The highest BCUT2D eigenvalue weighted by Gasteiger charge is 2.06. The van der Waals surface area contributed by atoms with Gasteiger partial charge in [0.2, 0.25) is 0 Å². The molecule has 2 aromatic rings. The van der Waals surface area contributed by atoms with Gasteiger partial charge in [-0.15, -0.1) is 11.3 Å². The lowest BCUT2D eigenvalue weighted by Crippen LogP contribution is -2.13. The predicted molar refractivity (Wildman–Crippen MR) is 73.9 cm³/mol. The predicted octanol–water partition coefficient (Wildman–Crippen LogP) is 3.13. The van der Waals surface area contributed by atoms with Crippen LogP contribution in [0.4, 0.5) is 10.1 Å². The van der Waals surface area contributed by atoms with E-state index in [4.69, 9.17) is 18.0 Å². The number of nitrogens with one attached hydrogen (secondary N) is 1. The van der Waals surface area contributed by atoms with E-state index < -0.39 is 0 Å². The van der Waals surface area contributed by atoms with Crippen LogP contribution in [-0.4, -0.2) is 4.99 Å². The van der Waals surface area contributed by atoms with Crippen molar-refractivity contribution in [3.05, 3.63) is 52.0 Å². The van der Waals surface area contributed by atoms with Crippen LogP contribution >= 0.6 is 23.6 Å². The molecule has 0 spiro atoms. The molecule has 0 amide bonds. The molecule has 3 N–H and O–H groups in total. The number of hydrogen-bond donors (Lipinski definition) is 2. The molecule has 0 fully saturated rings. The van der Waals surface area contributed by atoms with Gasteiger partial charge in [-0.25, -0.2) is 4.39 Å². The van der Waals surface area contributed by atoms with Gasteiger partial charge in [-0.3, -0.25) is 0 Å². The van der Waals surface area contributed by atoms with E-state index in [-0.39, 0.29) is 10.8 Å². The first-order valence-electron chi connectivity index (χ1n) is 5.02. The monoisotopic (exact) mass is 266 g/mol. The molecule has 0 saturated heterocycles. The number of halogens is 1. The quantitative estimate of drug-likeness (QED) is 0.835. The third kappa shape index (κ3) is 3.01. The molecule has 0 radical (unpaired) electrons. The Morgan fingerprint density at radius 1 is 1.41 bits per heavy atom. The smallest absolute Gasteiger partial charge is 0.124 e. The third-order valence-electron chi connectivity index (χ3n) is 2.28. The van der Waals surface area contributed by atoms with Gasteiger partial charge in [0, 0.05) is 22.7 Å². The Balaban J connectivity index is 2.17. The van der Waals surface area contributed by atoms with E-state index in [2.05, 4.69) is 5.32 Å². The van der Waals surface area contributed by atoms with Crippen molar-refractivity contribution in [2.75, 3.05) is 5.32 Å². The molecular weight excluding hydrogens is 255 g/mol. The van der Waals surface area contributed by atoms with E-state index in [1.165, 1.54) is 17.0 Å². The first-order valence-corrected chi connectivity index (χ1v) is 6.31. The van der Waals surface area contributed by atoms with E-state index in [0.717, 1.165) is 5.69 Å². The second-order valence-electron chi connectivity index (χ2n) is 3.49. The number of thiophene rings is 1. The van der Waals surface area contributed by atoms with E-state index in [9.17, 15) is 4.39 Å². The van der Waals surface area contributed by atoms with Gasteiger partial charge in [-0.2, -0.15) is 0 Å². The summed E-state index contributed by atoms with van der Waals surface area (Å²) in [4.78, 5) is 1.39. The van der Waals surface area contributed by atoms with Gasteiger partial charge in [-0.05, 0) is 29.6 Å². The minimum atomic E-state index is -0.338. The van der Waals surface area contributed by atoms with Crippen LogP contribution in [0.5, 0.6) is 0 Å². The topological polar surface area (TPSA) is 38.0 Å². The van der Waals surface area contributed by atoms with Crippen LogP contribution in [0.3, 0.4) is 0 Å². The van der Waals surface area contributed by atoms with Crippen molar-refractivity contribution >= 4 is 34.2 Å². The lowest BCUT2D eigenvalue weighted by Gasteiger charge is -2.10. The summed E-state index contributed by atoms with van der Waals surface area (Å²) >= 11 is 6.56. The second kappa shape index (κ2) is 5.25. The summed E-state index contributed by atoms with van der Waals surface area (Å²) in [5.41, 5.74) is 6.86. The van der Waals surface area contributed by atoms with Crippen molar-refractivity contribution in [3.8, 4) is 0 Å². The lowest BCUT2D eigenvalue weighted by molar-refractivity contribution is 0.627. The summed E-state index contributed by atoms with van der Waals surface area (Å²) in [6.07, 6.45) is 0. The van der Waals surface area contributed by atoms with Crippen LogP contribution in [0.15, 0.2) is 35.7 Å². The molecule has 1 heterocycles. The fourth-order valence-corrected chi connectivity index (χ4v) is 2.28. The van der Waals surface area contributed by atoms with Gasteiger partial charge >= 0.3 is 0 Å². The summed E-state index contributed by atoms with van der Waals surface area (Å²) in [5, 5.41) is 5.21. The normalized spacial score (nSPS) is 10.2. The fraction of sp³-hybridized carbons (Fsp3) is 0.0833. The van der Waals surface area contributed by atoms with Crippen molar-refractivity contribution < 1.29 is 4.39 Å². The minimum absolute atomic E-state index is 0.193. The molecule has 17 heavy (non-hydrogen) atoms. The molecule has 5 heteroatoms. The molecule has 1 aromatic carbocycles. The molecule has 0 aliphatic carbocycles. The molecule has 2 nitrogen and oxygen atoms in total. The molecule has 2 rings (SSSR count). The highest BCUT2D eigenvalue weighted by Crippen LogP contribution is 2.19. The van der Waals surface area contributed by atoms with E-state index in [1.807, 2.05) is 17.5 Å². The maximum absolute atomic E-state index is 13.1. The molecule has 88 valence electrons. The summed E-state index contributed by atoms with van der Waals surface area (Å²) < 4.78 is 13.1. The van der Waals surface area contributed by atoms with Gasteiger partial charge in [0.05, 0.1) is 0 Å². The van der Waals surface area contributed by atoms with Crippen molar-refractivity contribution in [3.63, 3.8) is 0 Å². The largest absolute Gasteiger partial charge is 0.389 e. The Morgan fingerprint density at radius 2 is 2.24 bits per heavy atom. The Hall–Kier alpha value is -1.46. The maximum atomic E-state index is 13.1. The minimum Gasteiger partial charge on any atom is -0.389 e. The van der Waals surface area contributed by atoms with Crippen molar-refractivity contribution in [2.45, 2.75) is 6.54 Å². The summed E-state index contributed by atoms with van der Waals surface area (Å²) in [7, 11) is 0. The number of rotatable bonds is 4. The van der Waals surface area contributed by atoms with Gasteiger partial charge < -0.3 is 11.1 Å². The molecular formula is C12H11FN2S2. The zero-order valence-corrected chi connectivity index (χ0v) is 10.6. The SMILES string of the molecule is NC(=S)c1cc(F)ccc1NCc1cccs1. The zero-order valence-electron chi connectivity index (χ0n) is 8.94. The molecule has 0 atom stereocenters. The Labute approximate surface area is 108 Å². The number of nitrogens with two attached hydrogens (primary N) is 1. The van der Waals surface area contributed by atoms with Crippen LogP contribution in [-0.2, 0) is 6.54 Å². The fourth-order valence-electron chi connectivity index (χ4n) is 1.47. The average molecular weight is 266 g/mol. The van der Waals surface area contributed by atoms with Crippen LogP contribution < -0.4 is 11.1 Å².